The average molecular weight is 394 g/mol. The number of carbonyl (C=O) groups is 1. The van der Waals surface area contributed by atoms with E-state index in [0.717, 1.165) is 36.5 Å². The van der Waals surface area contributed by atoms with Gasteiger partial charge in [0.25, 0.3) is 0 Å². The highest BCUT2D eigenvalue weighted by molar-refractivity contribution is 5.79. The van der Waals surface area contributed by atoms with Gasteiger partial charge < -0.3 is 14.5 Å². The van der Waals surface area contributed by atoms with Crippen LogP contribution in [0.4, 0.5) is 0 Å². The van der Waals surface area contributed by atoms with Gasteiger partial charge in [-0.2, -0.15) is 5.26 Å². The van der Waals surface area contributed by atoms with Crippen molar-refractivity contribution >= 4 is 5.91 Å². The van der Waals surface area contributed by atoms with Gasteiger partial charge in [-0.3, -0.25) is 4.79 Å². The Morgan fingerprint density at radius 1 is 1.21 bits per heavy atom. The molecule has 0 N–H and O–H groups in total. The summed E-state index contributed by atoms with van der Waals surface area (Å²) in [5, 5.41) is 9.25. The Hall–Kier alpha value is -3.00. The molecule has 0 aromatic heterocycles. The van der Waals surface area contributed by atoms with Crippen molar-refractivity contribution in [3.05, 3.63) is 65.9 Å². The first-order chi connectivity index (χ1) is 14.1. The fourth-order valence-corrected chi connectivity index (χ4v) is 3.21. The van der Waals surface area contributed by atoms with Gasteiger partial charge in [0.05, 0.1) is 24.8 Å². The minimum absolute atomic E-state index is 0.133. The van der Waals surface area contributed by atoms with Crippen LogP contribution in [-0.2, 0) is 11.2 Å². The van der Waals surface area contributed by atoms with E-state index < -0.39 is 0 Å². The second kappa shape index (κ2) is 11.8. The topological polar surface area (TPSA) is 56.6 Å². The van der Waals surface area contributed by atoms with Crippen LogP contribution in [0.3, 0.4) is 0 Å². The molecule has 0 atom stereocenters. The first kappa shape index (κ1) is 22.3. The molecule has 1 aliphatic rings. The Labute approximate surface area is 174 Å². The number of ether oxygens (including phenoxy) is 1. The van der Waals surface area contributed by atoms with Gasteiger partial charge in [0.1, 0.15) is 5.75 Å². The van der Waals surface area contributed by atoms with Crippen LogP contribution >= 0.6 is 0 Å². The van der Waals surface area contributed by atoms with Gasteiger partial charge in [0.2, 0.25) is 5.91 Å². The molecule has 0 unspecified atom stereocenters. The standard InChI is InChI=1S/C24H31N3O2/c1-4-6-8-23(20(3)19-25)26-13-15-27(16-14-26)24(28)18-21-9-11-22(12-10-21)29-17-7-5-2/h4,6,8-12H,1,5,7,13-18H2,2-3H3/b8-6-,23-20-. The molecule has 5 nitrogen and oxygen atoms in total. The number of carbonyl (C=O) groups excluding carboxylic acids is 1. The molecule has 154 valence electrons. The quantitative estimate of drug-likeness (QED) is 0.360. The number of nitriles is 1. The van der Waals surface area contributed by atoms with Crippen molar-refractivity contribution in [1.29, 1.82) is 5.26 Å². The molecule has 5 heteroatoms. The fraction of sp³-hybridized carbons (Fsp3) is 0.417. The van der Waals surface area contributed by atoms with E-state index >= 15 is 0 Å². The molecule has 1 heterocycles. The minimum Gasteiger partial charge on any atom is -0.494 e. The van der Waals surface area contributed by atoms with E-state index in [0.29, 0.717) is 38.2 Å². The third kappa shape index (κ3) is 6.83. The van der Waals surface area contributed by atoms with E-state index in [1.165, 1.54) is 0 Å². The van der Waals surface area contributed by atoms with Gasteiger partial charge in [-0.25, -0.2) is 0 Å². The van der Waals surface area contributed by atoms with Crippen molar-refractivity contribution in [2.24, 2.45) is 0 Å². The Kier molecular flexibility index (Phi) is 9.04. The lowest BCUT2D eigenvalue weighted by Gasteiger charge is -2.37. The van der Waals surface area contributed by atoms with E-state index in [1.807, 2.05) is 48.2 Å². The van der Waals surface area contributed by atoms with Gasteiger partial charge in [-0.05, 0) is 37.1 Å². The second-order valence-electron chi connectivity index (χ2n) is 7.11. The molecule has 1 aromatic rings. The fourth-order valence-electron chi connectivity index (χ4n) is 3.21. The summed E-state index contributed by atoms with van der Waals surface area (Å²) in [6.45, 7) is 11.1. The number of allylic oxidation sites excluding steroid dienone is 4. The van der Waals surface area contributed by atoms with Crippen LogP contribution in [0.1, 0.15) is 32.3 Å². The molecule has 1 aliphatic heterocycles. The third-order valence-corrected chi connectivity index (χ3v) is 4.96. The molecule has 0 saturated carbocycles. The molecule has 1 fully saturated rings. The summed E-state index contributed by atoms with van der Waals surface area (Å²) in [6.07, 6.45) is 7.99. The monoisotopic (exact) mass is 393 g/mol. The predicted octanol–water partition coefficient (Wildman–Crippen LogP) is 4.09. The van der Waals surface area contributed by atoms with E-state index in [1.54, 1.807) is 6.08 Å². The smallest absolute Gasteiger partial charge is 0.227 e. The van der Waals surface area contributed by atoms with Gasteiger partial charge in [-0.1, -0.05) is 44.2 Å². The number of rotatable bonds is 9. The Morgan fingerprint density at radius 3 is 2.45 bits per heavy atom. The first-order valence-electron chi connectivity index (χ1n) is 10.2. The molecule has 1 aromatic carbocycles. The number of amides is 1. The van der Waals surface area contributed by atoms with Gasteiger partial charge in [0, 0.05) is 31.8 Å². The summed E-state index contributed by atoms with van der Waals surface area (Å²) in [7, 11) is 0. The number of hydrogen-bond acceptors (Lipinski definition) is 4. The molecule has 29 heavy (non-hydrogen) atoms. The molecule has 0 radical (unpaired) electrons. The first-order valence-corrected chi connectivity index (χ1v) is 10.2. The summed E-state index contributed by atoms with van der Waals surface area (Å²) < 4.78 is 5.67. The molecule has 2 rings (SSSR count). The van der Waals surface area contributed by atoms with Crippen LogP contribution in [0.2, 0.25) is 0 Å². The second-order valence-corrected chi connectivity index (χ2v) is 7.11. The molecule has 0 spiro atoms. The Balaban J connectivity index is 1.89. The Bertz CT molecular complexity index is 779. The van der Waals surface area contributed by atoms with E-state index in [4.69, 9.17) is 4.74 Å². The highest BCUT2D eigenvalue weighted by Gasteiger charge is 2.22. The number of piperazine rings is 1. The van der Waals surface area contributed by atoms with Crippen LogP contribution in [0.5, 0.6) is 5.75 Å². The predicted molar refractivity (Wildman–Crippen MR) is 116 cm³/mol. The third-order valence-electron chi connectivity index (χ3n) is 4.96. The maximum absolute atomic E-state index is 12.7. The van der Waals surface area contributed by atoms with E-state index in [-0.39, 0.29) is 5.91 Å². The van der Waals surface area contributed by atoms with Crippen LogP contribution in [0.25, 0.3) is 0 Å². The van der Waals surface area contributed by atoms with E-state index in [9.17, 15) is 10.1 Å². The van der Waals surface area contributed by atoms with Crippen LogP contribution < -0.4 is 4.74 Å². The molecule has 1 amide bonds. The summed E-state index contributed by atoms with van der Waals surface area (Å²) in [6, 6.07) is 10.0. The molecular formula is C24H31N3O2. The van der Waals surface area contributed by atoms with Crippen molar-refractivity contribution in [2.75, 3.05) is 32.8 Å². The SMILES string of the molecule is C=C/C=C\C(=C(/C)C#N)N1CCN(C(=O)Cc2ccc(OCCCC)cc2)CC1. The van der Waals surface area contributed by atoms with Crippen molar-refractivity contribution in [3.63, 3.8) is 0 Å². The zero-order valence-electron chi connectivity index (χ0n) is 17.6. The minimum atomic E-state index is 0.133. The normalized spacial score (nSPS) is 15.1. The average Bonchev–Trinajstić information content (AvgIpc) is 2.75. The van der Waals surface area contributed by atoms with Crippen LogP contribution in [0.15, 0.2) is 60.3 Å². The lowest BCUT2D eigenvalue weighted by Crippen LogP contribution is -2.48. The van der Waals surface area contributed by atoms with E-state index in [2.05, 4.69) is 24.5 Å². The maximum Gasteiger partial charge on any atom is 0.227 e. The molecule has 0 aliphatic carbocycles. The molecule has 1 saturated heterocycles. The lowest BCUT2D eigenvalue weighted by molar-refractivity contribution is -0.131. The summed E-state index contributed by atoms with van der Waals surface area (Å²) in [5.41, 5.74) is 2.57. The van der Waals surface area contributed by atoms with Crippen molar-refractivity contribution in [3.8, 4) is 11.8 Å². The molecular weight excluding hydrogens is 362 g/mol. The van der Waals surface area contributed by atoms with Crippen molar-refractivity contribution < 1.29 is 9.53 Å². The molecule has 0 bridgehead atoms. The van der Waals surface area contributed by atoms with Gasteiger partial charge in [0.15, 0.2) is 0 Å². The van der Waals surface area contributed by atoms with Crippen LogP contribution in [-0.4, -0.2) is 48.5 Å². The number of unbranched alkanes of at least 4 members (excludes halogenated alkanes) is 1. The largest absolute Gasteiger partial charge is 0.494 e. The van der Waals surface area contributed by atoms with Crippen LogP contribution in [0, 0.1) is 11.3 Å². The number of nitrogens with zero attached hydrogens (tertiary/aromatic N) is 3. The van der Waals surface area contributed by atoms with Gasteiger partial charge >= 0.3 is 0 Å². The summed E-state index contributed by atoms with van der Waals surface area (Å²) in [4.78, 5) is 16.7. The highest BCUT2D eigenvalue weighted by atomic mass is 16.5. The lowest BCUT2D eigenvalue weighted by atomic mass is 10.1. The van der Waals surface area contributed by atoms with Crippen molar-refractivity contribution in [2.45, 2.75) is 33.1 Å². The Morgan fingerprint density at radius 2 is 1.86 bits per heavy atom. The zero-order chi connectivity index (χ0) is 21.1. The van der Waals surface area contributed by atoms with Crippen molar-refractivity contribution in [1.82, 2.24) is 9.80 Å². The number of hydrogen-bond donors (Lipinski definition) is 0. The highest BCUT2D eigenvalue weighted by Crippen LogP contribution is 2.17. The maximum atomic E-state index is 12.7. The summed E-state index contributed by atoms with van der Waals surface area (Å²) >= 11 is 0. The summed E-state index contributed by atoms with van der Waals surface area (Å²) in [5.74, 6) is 0.983. The van der Waals surface area contributed by atoms with Gasteiger partial charge in [-0.15, -0.1) is 0 Å². The number of benzene rings is 1. The zero-order valence-corrected chi connectivity index (χ0v) is 17.6.